The van der Waals surface area contributed by atoms with Gasteiger partial charge < -0.3 is 15.3 Å². The van der Waals surface area contributed by atoms with Crippen LogP contribution >= 0.6 is 0 Å². The van der Waals surface area contributed by atoms with E-state index >= 15 is 0 Å². The molecule has 0 spiro atoms. The first-order chi connectivity index (χ1) is 13.0. The monoisotopic (exact) mass is 376 g/mol. The highest BCUT2D eigenvalue weighted by Crippen LogP contribution is 2.33. The van der Waals surface area contributed by atoms with Crippen molar-refractivity contribution >= 4 is 11.8 Å². The number of aliphatic hydroxyl groups excluding tert-OH is 2. The molecule has 0 aromatic heterocycles. The molecule has 0 aromatic carbocycles. The van der Waals surface area contributed by atoms with Gasteiger partial charge in [-0.3, -0.25) is 9.59 Å². The summed E-state index contributed by atoms with van der Waals surface area (Å²) in [5, 5.41) is 28.7. The van der Waals surface area contributed by atoms with Gasteiger partial charge in [-0.25, -0.2) is 0 Å². The summed E-state index contributed by atoms with van der Waals surface area (Å²) in [6.45, 7) is 2.04. The number of aliphatic hydroxyl groups is 2. The van der Waals surface area contributed by atoms with Crippen LogP contribution in [0, 0.1) is 11.8 Å². The van der Waals surface area contributed by atoms with Crippen LogP contribution in [0.4, 0.5) is 0 Å². The van der Waals surface area contributed by atoms with E-state index in [1.807, 2.05) is 43.4 Å². The number of ketones is 1. The van der Waals surface area contributed by atoms with Crippen molar-refractivity contribution in [1.82, 2.24) is 0 Å². The maximum absolute atomic E-state index is 12.1. The van der Waals surface area contributed by atoms with Crippen LogP contribution in [0.3, 0.4) is 0 Å². The second kappa shape index (κ2) is 13.2. The lowest BCUT2D eigenvalue weighted by molar-refractivity contribution is -0.136. The Labute approximate surface area is 161 Å². The summed E-state index contributed by atoms with van der Waals surface area (Å²) in [4.78, 5) is 22.5. The fraction of sp³-hybridized carbons (Fsp3) is 0.545. The topological polar surface area (TPSA) is 94.8 Å². The molecule has 1 fully saturated rings. The zero-order valence-electron chi connectivity index (χ0n) is 16.0. The fourth-order valence-electron chi connectivity index (χ4n) is 3.10. The van der Waals surface area contributed by atoms with Crippen LogP contribution in [0.25, 0.3) is 0 Å². The quantitative estimate of drug-likeness (QED) is 0.453. The van der Waals surface area contributed by atoms with E-state index < -0.39 is 18.2 Å². The predicted octanol–water partition coefficient (Wildman–Crippen LogP) is 3.58. The number of carboxylic acid groups (broad SMARTS) is 1. The molecule has 0 bridgehead atoms. The van der Waals surface area contributed by atoms with Gasteiger partial charge >= 0.3 is 5.97 Å². The van der Waals surface area contributed by atoms with Gasteiger partial charge in [0.15, 0.2) is 0 Å². The number of Topliss-reactive ketones (excluding diaryl/α,β-unsaturated/α-hetero) is 1. The number of aliphatic carboxylic acids is 1. The highest BCUT2D eigenvalue weighted by atomic mass is 16.4. The van der Waals surface area contributed by atoms with E-state index in [4.69, 9.17) is 5.11 Å². The summed E-state index contributed by atoms with van der Waals surface area (Å²) in [5.41, 5.74) is 0. The Balaban J connectivity index is 2.40. The van der Waals surface area contributed by atoms with Gasteiger partial charge in [0.2, 0.25) is 0 Å². The molecular formula is C22H32O5. The summed E-state index contributed by atoms with van der Waals surface area (Å²) in [6.07, 6.45) is 17.2. The first-order valence-electron chi connectivity index (χ1n) is 9.69. The maximum Gasteiger partial charge on any atom is 0.303 e. The number of carboxylic acids is 1. The third kappa shape index (κ3) is 9.50. The molecular weight excluding hydrogens is 344 g/mol. The summed E-state index contributed by atoms with van der Waals surface area (Å²) in [5.74, 6) is -1.22. The van der Waals surface area contributed by atoms with Gasteiger partial charge in [-0.1, -0.05) is 55.5 Å². The van der Waals surface area contributed by atoms with E-state index in [0.29, 0.717) is 25.7 Å². The molecule has 1 saturated carbocycles. The van der Waals surface area contributed by atoms with Gasteiger partial charge in [0.25, 0.3) is 0 Å². The van der Waals surface area contributed by atoms with Crippen LogP contribution in [0.2, 0.25) is 0 Å². The Bertz CT molecular complexity index is 573. The molecule has 0 unspecified atom stereocenters. The van der Waals surface area contributed by atoms with Gasteiger partial charge in [0.1, 0.15) is 5.78 Å². The molecule has 150 valence electrons. The Morgan fingerprint density at radius 3 is 2.63 bits per heavy atom. The van der Waals surface area contributed by atoms with Gasteiger partial charge in [-0.15, -0.1) is 0 Å². The van der Waals surface area contributed by atoms with Gasteiger partial charge in [0.05, 0.1) is 12.2 Å². The van der Waals surface area contributed by atoms with Crippen molar-refractivity contribution in [2.45, 2.75) is 64.1 Å². The van der Waals surface area contributed by atoms with Crippen molar-refractivity contribution in [2.75, 3.05) is 0 Å². The summed E-state index contributed by atoms with van der Waals surface area (Å²) in [7, 11) is 0. The second-order valence-corrected chi connectivity index (χ2v) is 6.84. The van der Waals surface area contributed by atoms with E-state index in [-0.39, 0.29) is 30.5 Å². The highest BCUT2D eigenvalue weighted by Gasteiger charge is 2.39. The molecule has 5 heteroatoms. The number of rotatable bonds is 12. The SMILES string of the molecule is CC/C=C\C[C@@H]1[C@@H](O)CC(=O)[C@@H]1/C=C/[C@H](O)C/C=C\C/C=C\CCC(=O)O. The van der Waals surface area contributed by atoms with E-state index in [9.17, 15) is 19.8 Å². The minimum absolute atomic E-state index is 0.0305. The van der Waals surface area contributed by atoms with Crippen LogP contribution in [0.1, 0.15) is 51.9 Å². The van der Waals surface area contributed by atoms with Crippen LogP contribution in [-0.4, -0.2) is 39.3 Å². The molecule has 4 atom stereocenters. The number of hydrogen-bond acceptors (Lipinski definition) is 4. The van der Waals surface area contributed by atoms with Crippen molar-refractivity contribution in [3.63, 3.8) is 0 Å². The molecule has 1 aliphatic carbocycles. The van der Waals surface area contributed by atoms with Crippen molar-refractivity contribution in [1.29, 1.82) is 0 Å². The lowest BCUT2D eigenvalue weighted by Gasteiger charge is -2.16. The Kier molecular flexibility index (Phi) is 11.3. The van der Waals surface area contributed by atoms with Crippen LogP contribution in [0.5, 0.6) is 0 Å². The lowest BCUT2D eigenvalue weighted by Crippen LogP contribution is -2.19. The van der Waals surface area contributed by atoms with Crippen molar-refractivity contribution in [3.8, 4) is 0 Å². The molecule has 27 heavy (non-hydrogen) atoms. The molecule has 5 nitrogen and oxygen atoms in total. The summed E-state index contributed by atoms with van der Waals surface area (Å²) >= 11 is 0. The molecule has 1 rings (SSSR count). The van der Waals surface area contributed by atoms with E-state index in [1.165, 1.54) is 0 Å². The van der Waals surface area contributed by atoms with Crippen LogP contribution in [-0.2, 0) is 9.59 Å². The molecule has 0 saturated heterocycles. The molecule has 0 amide bonds. The maximum atomic E-state index is 12.1. The molecule has 1 aliphatic rings. The Morgan fingerprint density at radius 1 is 1.19 bits per heavy atom. The highest BCUT2D eigenvalue weighted by molar-refractivity contribution is 5.86. The molecule has 0 radical (unpaired) electrons. The number of allylic oxidation sites excluding steroid dienone is 6. The smallest absolute Gasteiger partial charge is 0.303 e. The normalized spacial score (nSPS) is 24.9. The summed E-state index contributed by atoms with van der Waals surface area (Å²) < 4.78 is 0. The van der Waals surface area contributed by atoms with Crippen molar-refractivity contribution in [2.24, 2.45) is 11.8 Å². The first kappa shape index (κ1) is 23.1. The average molecular weight is 376 g/mol. The van der Waals surface area contributed by atoms with Crippen molar-refractivity contribution in [3.05, 3.63) is 48.6 Å². The second-order valence-electron chi connectivity index (χ2n) is 6.84. The zero-order chi connectivity index (χ0) is 20.1. The van der Waals surface area contributed by atoms with Gasteiger partial charge in [-0.05, 0) is 32.1 Å². The Hall–Kier alpha value is -1.98. The third-order valence-corrected chi connectivity index (χ3v) is 4.60. The molecule has 0 aliphatic heterocycles. The first-order valence-corrected chi connectivity index (χ1v) is 9.69. The fourth-order valence-corrected chi connectivity index (χ4v) is 3.10. The third-order valence-electron chi connectivity index (χ3n) is 4.60. The van der Waals surface area contributed by atoms with E-state index in [1.54, 1.807) is 12.2 Å². The zero-order valence-corrected chi connectivity index (χ0v) is 16.0. The van der Waals surface area contributed by atoms with Crippen LogP contribution in [0.15, 0.2) is 48.6 Å². The molecule has 3 N–H and O–H groups in total. The number of carbonyl (C=O) groups excluding carboxylic acids is 1. The van der Waals surface area contributed by atoms with Crippen molar-refractivity contribution < 1.29 is 24.9 Å². The van der Waals surface area contributed by atoms with E-state index in [2.05, 4.69) is 0 Å². The number of hydrogen-bond donors (Lipinski definition) is 3. The largest absolute Gasteiger partial charge is 0.481 e. The lowest BCUT2D eigenvalue weighted by atomic mass is 9.90. The van der Waals surface area contributed by atoms with Gasteiger partial charge in [-0.2, -0.15) is 0 Å². The van der Waals surface area contributed by atoms with Gasteiger partial charge in [0, 0.05) is 24.7 Å². The summed E-state index contributed by atoms with van der Waals surface area (Å²) in [6, 6.07) is 0. The molecule has 0 aromatic rings. The standard InChI is InChI=1S/C22H32O5/c1-2-3-8-12-18-19(21(25)16-20(18)24)15-14-17(23)11-9-6-4-5-7-10-13-22(26)27/h3,5-9,14-15,17-20,23-24H,2,4,10-13,16H2,1H3,(H,26,27)/b7-5-,8-3-,9-6-,15-14+/t17-,18+,19-,20+/m1/s1. The predicted molar refractivity (Wildman–Crippen MR) is 106 cm³/mol. The Morgan fingerprint density at radius 2 is 1.93 bits per heavy atom. The average Bonchev–Trinajstić information content (AvgIpc) is 2.88. The minimum atomic E-state index is -0.804. The van der Waals surface area contributed by atoms with Crippen LogP contribution < -0.4 is 0 Å². The number of carbonyl (C=O) groups is 2. The van der Waals surface area contributed by atoms with E-state index in [0.717, 1.165) is 6.42 Å². The molecule has 0 heterocycles. The minimum Gasteiger partial charge on any atom is -0.481 e.